The van der Waals surface area contributed by atoms with E-state index in [2.05, 4.69) is 25.6 Å². The predicted molar refractivity (Wildman–Crippen MR) is 86.9 cm³/mol. The van der Waals surface area contributed by atoms with E-state index in [4.69, 9.17) is 9.47 Å². The van der Waals surface area contributed by atoms with Crippen LogP contribution in [-0.2, 0) is 10.0 Å². The number of ether oxygens (including phenoxy) is 2. The van der Waals surface area contributed by atoms with Crippen LogP contribution >= 0.6 is 15.9 Å². The molecular formula is C14H15BrN2O4S. The fourth-order valence-corrected chi connectivity index (χ4v) is 3.47. The third-order valence-electron chi connectivity index (χ3n) is 2.69. The van der Waals surface area contributed by atoms with Crippen LogP contribution in [0.25, 0.3) is 0 Å². The van der Waals surface area contributed by atoms with Gasteiger partial charge in [-0.05, 0) is 31.2 Å². The highest BCUT2D eigenvalue weighted by molar-refractivity contribution is 9.10. The summed E-state index contributed by atoms with van der Waals surface area (Å²) in [7, 11) is -2.31. The maximum Gasteiger partial charge on any atom is 0.265 e. The van der Waals surface area contributed by atoms with Gasteiger partial charge in [0.15, 0.2) is 0 Å². The van der Waals surface area contributed by atoms with Crippen LogP contribution < -0.4 is 14.2 Å². The fraction of sp³-hybridized carbons (Fsp3) is 0.214. The largest absolute Gasteiger partial charge is 0.492 e. The number of sulfonamides is 1. The minimum Gasteiger partial charge on any atom is -0.492 e. The molecule has 0 bridgehead atoms. The number of hydrogen-bond donors (Lipinski definition) is 1. The highest BCUT2D eigenvalue weighted by atomic mass is 79.9. The number of methoxy groups -OCH3 is 1. The summed E-state index contributed by atoms with van der Waals surface area (Å²) >= 11 is 3.27. The average Bonchev–Trinajstić information content (AvgIpc) is 2.49. The molecule has 0 atom stereocenters. The molecular weight excluding hydrogens is 372 g/mol. The van der Waals surface area contributed by atoms with Crippen LogP contribution in [-0.4, -0.2) is 27.1 Å². The van der Waals surface area contributed by atoms with Gasteiger partial charge < -0.3 is 9.47 Å². The lowest BCUT2D eigenvalue weighted by Crippen LogP contribution is -2.14. The highest BCUT2D eigenvalue weighted by Crippen LogP contribution is 2.29. The molecule has 0 radical (unpaired) electrons. The van der Waals surface area contributed by atoms with Crippen LogP contribution in [0.5, 0.6) is 11.6 Å². The van der Waals surface area contributed by atoms with Gasteiger partial charge >= 0.3 is 0 Å². The first-order valence-electron chi connectivity index (χ1n) is 6.41. The van der Waals surface area contributed by atoms with E-state index < -0.39 is 10.0 Å². The Morgan fingerprint density at radius 2 is 2.05 bits per heavy atom. The first-order chi connectivity index (χ1) is 10.5. The number of benzene rings is 1. The molecule has 0 fully saturated rings. The first kappa shape index (κ1) is 16.6. The molecule has 2 rings (SSSR count). The van der Waals surface area contributed by atoms with Gasteiger partial charge in [0.1, 0.15) is 10.6 Å². The maximum absolute atomic E-state index is 12.5. The van der Waals surface area contributed by atoms with Crippen LogP contribution in [0.1, 0.15) is 6.92 Å². The number of aromatic nitrogens is 1. The molecule has 0 aliphatic heterocycles. The van der Waals surface area contributed by atoms with Gasteiger partial charge in [0, 0.05) is 10.5 Å². The van der Waals surface area contributed by atoms with Crippen molar-refractivity contribution in [1.29, 1.82) is 0 Å². The molecule has 1 heterocycles. The topological polar surface area (TPSA) is 77.5 Å². The molecule has 0 unspecified atom stereocenters. The Morgan fingerprint density at radius 1 is 1.27 bits per heavy atom. The Kier molecular flexibility index (Phi) is 5.25. The van der Waals surface area contributed by atoms with Gasteiger partial charge in [-0.25, -0.2) is 13.4 Å². The summed E-state index contributed by atoms with van der Waals surface area (Å²) in [4.78, 5) is 4.02. The second kappa shape index (κ2) is 6.97. The quantitative estimate of drug-likeness (QED) is 0.825. The smallest absolute Gasteiger partial charge is 0.265 e. The lowest BCUT2D eigenvalue weighted by molar-refractivity contribution is 0.331. The molecule has 0 aliphatic carbocycles. The van der Waals surface area contributed by atoms with E-state index in [9.17, 15) is 8.42 Å². The Bertz CT molecular complexity index is 748. The lowest BCUT2D eigenvalue weighted by Gasteiger charge is -2.13. The van der Waals surface area contributed by atoms with E-state index in [1.165, 1.54) is 19.4 Å². The molecule has 1 aromatic carbocycles. The second-order valence-corrected chi connectivity index (χ2v) is 6.79. The van der Waals surface area contributed by atoms with Crippen molar-refractivity contribution in [3.8, 4) is 11.6 Å². The number of pyridine rings is 1. The number of hydrogen-bond acceptors (Lipinski definition) is 5. The Morgan fingerprint density at radius 3 is 2.64 bits per heavy atom. The second-order valence-electron chi connectivity index (χ2n) is 4.22. The SMILES string of the molecule is CCOc1ccc(Br)cc1S(=O)(=O)Nc1ccc(OC)nc1. The maximum atomic E-state index is 12.5. The van der Waals surface area contributed by atoms with Gasteiger partial charge in [-0.2, -0.15) is 0 Å². The van der Waals surface area contributed by atoms with Crippen molar-refractivity contribution in [2.24, 2.45) is 0 Å². The molecule has 1 N–H and O–H groups in total. The van der Waals surface area contributed by atoms with E-state index in [0.29, 0.717) is 28.4 Å². The summed E-state index contributed by atoms with van der Waals surface area (Å²) in [5, 5.41) is 0. The number of anilines is 1. The Balaban J connectivity index is 2.35. The summed E-state index contributed by atoms with van der Waals surface area (Å²) in [5.74, 6) is 0.695. The average molecular weight is 387 g/mol. The third-order valence-corrected chi connectivity index (χ3v) is 4.59. The Hall–Kier alpha value is -1.80. The number of rotatable bonds is 6. The minimum absolute atomic E-state index is 0.0551. The zero-order chi connectivity index (χ0) is 16.2. The molecule has 0 amide bonds. The highest BCUT2D eigenvalue weighted by Gasteiger charge is 2.20. The molecule has 8 heteroatoms. The molecule has 2 aromatic rings. The van der Waals surface area contributed by atoms with Crippen molar-refractivity contribution in [1.82, 2.24) is 4.98 Å². The normalized spacial score (nSPS) is 11.0. The third kappa shape index (κ3) is 3.89. The standard InChI is InChI=1S/C14H15BrN2O4S/c1-3-21-12-6-4-10(15)8-13(12)22(18,19)17-11-5-7-14(20-2)16-9-11/h4-9,17H,3H2,1-2H3. The van der Waals surface area contributed by atoms with Crippen molar-refractivity contribution in [3.05, 3.63) is 41.0 Å². The van der Waals surface area contributed by atoms with Gasteiger partial charge in [-0.15, -0.1) is 0 Å². The number of nitrogens with zero attached hydrogens (tertiary/aromatic N) is 1. The van der Waals surface area contributed by atoms with Crippen molar-refractivity contribution >= 4 is 31.6 Å². The predicted octanol–water partition coefficient (Wildman–Crippen LogP) is 3.05. The zero-order valence-corrected chi connectivity index (χ0v) is 14.4. The molecule has 0 aliphatic rings. The van der Waals surface area contributed by atoms with Crippen LogP contribution in [0, 0.1) is 0 Å². The van der Waals surface area contributed by atoms with E-state index in [0.717, 1.165) is 0 Å². The number of halogens is 1. The van der Waals surface area contributed by atoms with Crippen molar-refractivity contribution < 1.29 is 17.9 Å². The number of nitrogens with one attached hydrogen (secondary N) is 1. The monoisotopic (exact) mass is 386 g/mol. The Labute approximate surface area is 137 Å². The summed E-state index contributed by atoms with van der Waals surface area (Å²) in [5.41, 5.74) is 0.336. The zero-order valence-electron chi connectivity index (χ0n) is 12.0. The fourth-order valence-electron chi connectivity index (χ4n) is 1.74. The van der Waals surface area contributed by atoms with E-state index in [1.54, 1.807) is 31.2 Å². The van der Waals surface area contributed by atoms with Gasteiger partial charge in [-0.3, -0.25) is 4.72 Å². The molecule has 0 saturated heterocycles. The van der Waals surface area contributed by atoms with Crippen molar-refractivity contribution in [3.63, 3.8) is 0 Å². The molecule has 0 saturated carbocycles. The van der Waals surface area contributed by atoms with Crippen LogP contribution in [0.15, 0.2) is 45.9 Å². The van der Waals surface area contributed by atoms with Crippen molar-refractivity contribution in [2.45, 2.75) is 11.8 Å². The summed E-state index contributed by atoms with van der Waals surface area (Å²) < 4.78 is 38.5. The van der Waals surface area contributed by atoms with Gasteiger partial charge in [0.2, 0.25) is 5.88 Å². The molecule has 6 nitrogen and oxygen atoms in total. The van der Waals surface area contributed by atoms with Crippen LogP contribution in [0.3, 0.4) is 0 Å². The molecule has 118 valence electrons. The van der Waals surface area contributed by atoms with E-state index >= 15 is 0 Å². The summed E-state index contributed by atoms with van der Waals surface area (Å²) in [6, 6.07) is 7.96. The van der Waals surface area contributed by atoms with Gasteiger partial charge in [0.05, 0.1) is 25.6 Å². The summed E-state index contributed by atoms with van der Waals surface area (Å²) in [6.07, 6.45) is 1.38. The van der Waals surface area contributed by atoms with Crippen LogP contribution in [0.2, 0.25) is 0 Å². The lowest BCUT2D eigenvalue weighted by atomic mass is 10.3. The molecule has 22 heavy (non-hydrogen) atoms. The van der Waals surface area contributed by atoms with Gasteiger partial charge in [0.25, 0.3) is 10.0 Å². The molecule has 1 aromatic heterocycles. The first-order valence-corrected chi connectivity index (χ1v) is 8.69. The van der Waals surface area contributed by atoms with E-state index in [1.807, 2.05) is 0 Å². The van der Waals surface area contributed by atoms with Crippen molar-refractivity contribution in [2.75, 3.05) is 18.4 Å². The van der Waals surface area contributed by atoms with E-state index in [-0.39, 0.29) is 4.90 Å². The minimum atomic E-state index is -3.79. The molecule has 0 spiro atoms. The van der Waals surface area contributed by atoms with Crippen LogP contribution in [0.4, 0.5) is 5.69 Å². The summed E-state index contributed by atoms with van der Waals surface area (Å²) in [6.45, 7) is 2.16. The van der Waals surface area contributed by atoms with Gasteiger partial charge in [-0.1, -0.05) is 15.9 Å².